The molecule has 2 rings (SSSR count). The summed E-state index contributed by atoms with van der Waals surface area (Å²) in [6, 6.07) is 8.22. The number of carbonyl (C=O) groups is 2. The van der Waals surface area contributed by atoms with Crippen molar-refractivity contribution in [3.63, 3.8) is 0 Å². The number of nitrogens with one attached hydrogen (secondary N) is 2. The second-order valence-corrected chi connectivity index (χ2v) is 5.28. The first-order chi connectivity index (χ1) is 11.0. The van der Waals surface area contributed by atoms with Gasteiger partial charge in [-0.3, -0.25) is 14.6 Å². The summed E-state index contributed by atoms with van der Waals surface area (Å²) < 4.78 is 0. The van der Waals surface area contributed by atoms with Gasteiger partial charge in [-0.25, -0.2) is 0 Å². The number of hydrogen-bond donors (Lipinski definition) is 2. The third-order valence-electron chi connectivity index (χ3n) is 3.11. The Morgan fingerprint density at radius 1 is 1.26 bits per heavy atom. The zero-order chi connectivity index (χ0) is 16.8. The average Bonchev–Trinajstić information content (AvgIpc) is 2.56. The van der Waals surface area contributed by atoms with Crippen molar-refractivity contribution in [2.45, 2.75) is 6.92 Å². The molecule has 0 aliphatic carbocycles. The molecule has 0 spiro atoms. The first kappa shape index (κ1) is 16.7. The van der Waals surface area contributed by atoms with E-state index < -0.39 is 0 Å². The number of benzene rings is 1. The molecule has 0 atom stereocenters. The van der Waals surface area contributed by atoms with Crippen LogP contribution in [0.1, 0.15) is 26.4 Å². The van der Waals surface area contributed by atoms with Crippen LogP contribution in [-0.4, -0.2) is 23.3 Å². The van der Waals surface area contributed by atoms with Crippen LogP contribution in [0.25, 0.3) is 0 Å². The molecule has 5 nitrogen and oxygen atoms in total. The lowest BCUT2D eigenvalue weighted by Gasteiger charge is -2.09. The molecule has 6 heteroatoms. The molecule has 0 radical (unpaired) electrons. The number of aryl methyl sites for hydroxylation is 1. The van der Waals surface area contributed by atoms with E-state index in [0.717, 1.165) is 5.56 Å². The molecule has 0 bridgehead atoms. The molecule has 118 valence electrons. The van der Waals surface area contributed by atoms with Gasteiger partial charge in [-0.1, -0.05) is 23.7 Å². The summed E-state index contributed by atoms with van der Waals surface area (Å²) in [5.41, 5.74) is 2.02. The number of rotatable bonds is 5. The number of pyridine rings is 1. The highest BCUT2D eigenvalue weighted by molar-refractivity contribution is 6.31. The Hall–Kier alpha value is -2.66. The Kier molecular flexibility index (Phi) is 5.49. The fraction of sp³-hybridized carbons (Fsp3) is 0.118. The quantitative estimate of drug-likeness (QED) is 0.827. The molecular formula is C17H16ClN3O2. The second-order valence-electron chi connectivity index (χ2n) is 4.84. The van der Waals surface area contributed by atoms with Crippen molar-refractivity contribution < 1.29 is 9.59 Å². The number of aromatic nitrogens is 1. The SMILES string of the molecule is C=CCNC(=O)c1cc(C(=O)Nc2cc(Cl)ccc2C)ccn1. The Balaban J connectivity index is 2.18. The van der Waals surface area contributed by atoms with E-state index >= 15 is 0 Å². The van der Waals surface area contributed by atoms with E-state index in [-0.39, 0.29) is 17.5 Å². The van der Waals surface area contributed by atoms with E-state index in [1.165, 1.54) is 12.3 Å². The molecular weight excluding hydrogens is 314 g/mol. The minimum Gasteiger partial charge on any atom is -0.347 e. The predicted molar refractivity (Wildman–Crippen MR) is 90.9 cm³/mol. The highest BCUT2D eigenvalue weighted by Crippen LogP contribution is 2.20. The number of carbonyl (C=O) groups excluding carboxylic acids is 2. The summed E-state index contributed by atoms with van der Waals surface area (Å²) >= 11 is 5.94. The normalized spacial score (nSPS) is 10.0. The van der Waals surface area contributed by atoms with Gasteiger partial charge in [0, 0.05) is 29.0 Å². The molecule has 0 fully saturated rings. The van der Waals surface area contributed by atoms with Crippen molar-refractivity contribution in [1.82, 2.24) is 10.3 Å². The first-order valence-electron chi connectivity index (χ1n) is 6.94. The second kappa shape index (κ2) is 7.56. The molecule has 2 amide bonds. The summed E-state index contributed by atoms with van der Waals surface area (Å²) in [4.78, 5) is 28.2. The van der Waals surface area contributed by atoms with Gasteiger partial charge < -0.3 is 10.6 Å². The predicted octanol–water partition coefficient (Wildman–Crippen LogP) is 3.21. The molecule has 0 aliphatic heterocycles. The summed E-state index contributed by atoms with van der Waals surface area (Å²) in [7, 11) is 0. The largest absolute Gasteiger partial charge is 0.347 e. The number of halogens is 1. The van der Waals surface area contributed by atoms with Crippen LogP contribution in [-0.2, 0) is 0 Å². The van der Waals surface area contributed by atoms with Crippen molar-refractivity contribution in [1.29, 1.82) is 0 Å². The van der Waals surface area contributed by atoms with Crippen LogP contribution < -0.4 is 10.6 Å². The minimum absolute atomic E-state index is 0.169. The highest BCUT2D eigenvalue weighted by atomic mass is 35.5. The lowest BCUT2D eigenvalue weighted by atomic mass is 10.1. The van der Waals surface area contributed by atoms with Gasteiger partial charge in [-0.15, -0.1) is 6.58 Å². The fourth-order valence-electron chi connectivity index (χ4n) is 1.87. The number of nitrogens with zero attached hydrogens (tertiary/aromatic N) is 1. The lowest BCUT2D eigenvalue weighted by molar-refractivity contribution is 0.0953. The number of amides is 2. The molecule has 1 aromatic carbocycles. The van der Waals surface area contributed by atoms with Crippen molar-refractivity contribution in [3.8, 4) is 0 Å². The van der Waals surface area contributed by atoms with Crippen molar-refractivity contribution in [3.05, 3.63) is 71.0 Å². The van der Waals surface area contributed by atoms with Crippen molar-refractivity contribution in [2.75, 3.05) is 11.9 Å². The zero-order valence-electron chi connectivity index (χ0n) is 12.6. The Morgan fingerprint density at radius 3 is 2.78 bits per heavy atom. The Labute approximate surface area is 139 Å². The van der Waals surface area contributed by atoms with E-state index in [2.05, 4.69) is 22.2 Å². The fourth-order valence-corrected chi connectivity index (χ4v) is 2.05. The van der Waals surface area contributed by atoms with Crippen LogP contribution in [0.15, 0.2) is 49.2 Å². The van der Waals surface area contributed by atoms with Crippen LogP contribution in [0.3, 0.4) is 0 Å². The maximum atomic E-state index is 12.3. The monoisotopic (exact) mass is 329 g/mol. The Bertz CT molecular complexity index is 759. The molecule has 23 heavy (non-hydrogen) atoms. The molecule has 0 unspecified atom stereocenters. The summed E-state index contributed by atoms with van der Waals surface area (Å²) in [5.74, 6) is -0.700. The standard InChI is InChI=1S/C17H16ClN3O2/c1-3-7-20-17(23)15-9-12(6-8-19-15)16(22)21-14-10-13(18)5-4-11(14)2/h3-6,8-10H,1,7H2,2H3,(H,20,23)(H,21,22). The number of anilines is 1. The Morgan fingerprint density at radius 2 is 2.04 bits per heavy atom. The van der Waals surface area contributed by atoms with Gasteiger partial charge in [-0.05, 0) is 36.8 Å². The van der Waals surface area contributed by atoms with Crippen LogP contribution >= 0.6 is 11.6 Å². The summed E-state index contributed by atoms with van der Waals surface area (Å²) in [6.45, 7) is 5.72. The van der Waals surface area contributed by atoms with Crippen LogP contribution in [0, 0.1) is 6.92 Å². The van der Waals surface area contributed by atoms with E-state index in [4.69, 9.17) is 11.6 Å². The molecule has 2 aromatic rings. The number of hydrogen-bond acceptors (Lipinski definition) is 3. The molecule has 0 saturated heterocycles. The van der Waals surface area contributed by atoms with Crippen molar-refractivity contribution in [2.24, 2.45) is 0 Å². The van der Waals surface area contributed by atoms with Gasteiger partial charge in [0.05, 0.1) is 0 Å². The van der Waals surface area contributed by atoms with Gasteiger partial charge in [0.25, 0.3) is 11.8 Å². The van der Waals surface area contributed by atoms with E-state index in [9.17, 15) is 9.59 Å². The molecule has 0 saturated carbocycles. The van der Waals surface area contributed by atoms with Crippen LogP contribution in [0.5, 0.6) is 0 Å². The highest BCUT2D eigenvalue weighted by Gasteiger charge is 2.12. The van der Waals surface area contributed by atoms with Crippen LogP contribution in [0.2, 0.25) is 5.02 Å². The minimum atomic E-state index is -0.363. The van der Waals surface area contributed by atoms with E-state index in [0.29, 0.717) is 22.8 Å². The third kappa shape index (κ3) is 4.40. The topological polar surface area (TPSA) is 71.1 Å². The molecule has 2 N–H and O–H groups in total. The van der Waals surface area contributed by atoms with Gasteiger partial charge >= 0.3 is 0 Å². The first-order valence-corrected chi connectivity index (χ1v) is 7.31. The summed E-state index contributed by atoms with van der Waals surface area (Å²) in [6.07, 6.45) is 2.99. The van der Waals surface area contributed by atoms with E-state index in [1.807, 2.05) is 13.0 Å². The van der Waals surface area contributed by atoms with Crippen molar-refractivity contribution >= 4 is 29.1 Å². The average molecular weight is 330 g/mol. The third-order valence-corrected chi connectivity index (χ3v) is 3.34. The lowest BCUT2D eigenvalue weighted by Crippen LogP contribution is -2.24. The summed E-state index contributed by atoms with van der Waals surface area (Å²) in [5, 5.41) is 5.92. The maximum absolute atomic E-state index is 12.3. The van der Waals surface area contributed by atoms with Gasteiger partial charge in [0.1, 0.15) is 5.69 Å². The zero-order valence-corrected chi connectivity index (χ0v) is 13.4. The maximum Gasteiger partial charge on any atom is 0.270 e. The van der Waals surface area contributed by atoms with Gasteiger partial charge in [0.15, 0.2) is 0 Å². The van der Waals surface area contributed by atoms with Gasteiger partial charge in [-0.2, -0.15) is 0 Å². The molecule has 1 heterocycles. The smallest absolute Gasteiger partial charge is 0.270 e. The molecule has 0 aliphatic rings. The van der Waals surface area contributed by atoms with Crippen LogP contribution in [0.4, 0.5) is 5.69 Å². The van der Waals surface area contributed by atoms with Gasteiger partial charge in [0.2, 0.25) is 0 Å². The molecule has 1 aromatic heterocycles. The van der Waals surface area contributed by atoms with E-state index in [1.54, 1.807) is 24.3 Å².